The van der Waals surface area contributed by atoms with Gasteiger partial charge in [-0.1, -0.05) is 6.08 Å². The summed E-state index contributed by atoms with van der Waals surface area (Å²) in [5.41, 5.74) is 1.11. The molecular formula is C9H9NO. The van der Waals surface area contributed by atoms with Crippen molar-refractivity contribution in [3.63, 3.8) is 0 Å². The fourth-order valence-corrected chi connectivity index (χ4v) is 1.35. The molecule has 0 amide bonds. The minimum Gasteiger partial charge on any atom is -0.359 e. The molecule has 0 atom stereocenters. The van der Waals surface area contributed by atoms with Gasteiger partial charge in [0.25, 0.3) is 0 Å². The van der Waals surface area contributed by atoms with Gasteiger partial charge in [0.15, 0.2) is 5.78 Å². The maximum atomic E-state index is 10.9. The van der Waals surface area contributed by atoms with E-state index in [4.69, 9.17) is 0 Å². The van der Waals surface area contributed by atoms with Crippen molar-refractivity contribution in [1.82, 2.24) is 4.98 Å². The van der Waals surface area contributed by atoms with E-state index in [2.05, 4.69) is 11.1 Å². The monoisotopic (exact) mass is 147 g/mol. The highest BCUT2D eigenvalue weighted by Crippen LogP contribution is 1.91. The Hall–Kier alpha value is -1.31. The van der Waals surface area contributed by atoms with Crippen molar-refractivity contribution in [2.75, 3.05) is 0 Å². The molecule has 2 nitrogen and oxygen atoms in total. The summed E-state index contributed by atoms with van der Waals surface area (Å²) in [7, 11) is 0. The van der Waals surface area contributed by atoms with E-state index in [9.17, 15) is 4.79 Å². The molecule has 0 fully saturated rings. The molecule has 0 spiro atoms. The number of nitrogens with one attached hydrogen (secondary N) is 1. The van der Waals surface area contributed by atoms with Gasteiger partial charge >= 0.3 is 0 Å². The van der Waals surface area contributed by atoms with Crippen LogP contribution in [-0.4, -0.2) is 10.8 Å². The number of aryl methyl sites for hydroxylation is 1. The molecule has 0 aromatic carbocycles. The van der Waals surface area contributed by atoms with Gasteiger partial charge in [-0.2, -0.15) is 0 Å². The van der Waals surface area contributed by atoms with E-state index in [1.165, 1.54) is 0 Å². The van der Waals surface area contributed by atoms with Crippen molar-refractivity contribution < 1.29 is 4.79 Å². The summed E-state index contributed by atoms with van der Waals surface area (Å²) in [4.78, 5) is 14.0. The van der Waals surface area contributed by atoms with E-state index >= 15 is 0 Å². The number of aromatic amines is 1. The summed E-state index contributed by atoms with van der Waals surface area (Å²) >= 11 is 0. The third kappa shape index (κ3) is 1.00. The van der Waals surface area contributed by atoms with E-state index in [0.717, 1.165) is 16.3 Å². The number of aromatic nitrogens is 1. The first-order valence-electron chi connectivity index (χ1n) is 3.66. The minimum atomic E-state index is 0.180. The first kappa shape index (κ1) is 6.40. The first-order valence-corrected chi connectivity index (χ1v) is 3.66. The van der Waals surface area contributed by atoms with Gasteiger partial charge in [0, 0.05) is 23.5 Å². The molecule has 0 aliphatic heterocycles. The van der Waals surface area contributed by atoms with Crippen LogP contribution in [-0.2, 0) is 4.79 Å². The first-order chi connectivity index (χ1) is 5.25. The van der Waals surface area contributed by atoms with Crippen molar-refractivity contribution >= 4 is 17.9 Å². The molecule has 1 aromatic heterocycles. The van der Waals surface area contributed by atoms with E-state index in [1.807, 2.05) is 13.0 Å². The molecular weight excluding hydrogens is 138 g/mol. The molecule has 56 valence electrons. The number of carbonyl (C=O) groups is 1. The Morgan fingerprint density at radius 3 is 3.18 bits per heavy atom. The fourth-order valence-electron chi connectivity index (χ4n) is 1.35. The molecule has 0 saturated heterocycles. The van der Waals surface area contributed by atoms with Gasteiger partial charge in [-0.25, -0.2) is 0 Å². The topological polar surface area (TPSA) is 32.9 Å². The molecule has 1 heterocycles. The molecule has 1 aliphatic carbocycles. The Balaban J connectivity index is 2.82. The lowest BCUT2D eigenvalue weighted by atomic mass is 10.1. The summed E-state index contributed by atoms with van der Waals surface area (Å²) in [6.45, 7) is 1.99. The predicted octanol–water partition coefficient (Wildman–Crippen LogP) is -0.143. The summed E-state index contributed by atoms with van der Waals surface area (Å²) < 4.78 is 0. The average Bonchev–Trinajstić information content (AvgIpc) is 2.27. The standard InChI is InChI=1S/C9H9NO/c1-6-4-7-2-3-8(11)5-9(7)10-6/h2,4-5,10H,3H2,1H3. The molecule has 1 N–H and O–H groups in total. The van der Waals surface area contributed by atoms with Crippen LogP contribution < -0.4 is 10.6 Å². The third-order valence-corrected chi connectivity index (χ3v) is 1.84. The predicted molar refractivity (Wildman–Crippen MR) is 43.3 cm³/mol. The molecule has 11 heavy (non-hydrogen) atoms. The number of fused-ring (bicyclic) bond motifs is 1. The van der Waals surface area contributed by atoms with Gasteiger partial charge in [0.2, 0.25) is 0 Å². The largest absolute Gasteiger partial charge is 0.359 e. The maximum Gasteiger partial charge on any atom is 0.161 e. The SMILES string of the molecule is Cc1cc2c([nH]1)=CC(=O)CC=2. The Kier molecular flexibility index (Phi) is 1.22. The van der Waals surface area contributed by atoms with Crippen LogP contribution in [0.25, 0.3) is 12.2 Å². The zero-order valence-corrected chi connectivity index (χ0v) is 6.35. The van der Waals surface area contributed by atoms with Crippen molar-refractivity contribution in [3.8, 4) is 0 Å². The number of carbonyl (C=O) groups excluding carboxylic acids is 1. The number of H-pyrrole nitrogens is 1. The van der Waals surface area contributed by atoms with Crippen LogP contribution in [0.5, 0.6) is 0 Å². The molecule has 1 aliphatic rings. The fraction of sp³-hybridized carbons (Fsp3) is 0.222. The molecule has 1 aromatic rings. The van der Waals surface area contributed by atoms with Crippen LogP contribution in [0, 0.1) is 6.92 Å². The van der Waals surface area contributed by atoms with E-state index in [1.54, 1.807) is 6.08 Å². The molecule has 0 radical (unpaired) electrons. The highest BCUT2D eigenvalue weighted by molar-refractivity contribution is 6.08. The second-order valence-corrected chi connectivity index (χ2v) is 2.84. The van der Waals surface area contributed by atoms with Crippen molar-refractivity contribution in [2.24, 2.45) is 0 Å². The summed E-state index contributed by atoms with van der Waals surface area (Å²) in [6, 6.07) is 2.05. The van der Waals surface area contributed by atoms with Gasteiger partial charge in [0.1, 0.15) is 0 Å². The van der Waals surface area contributed by atoms with Crippen molar-refractivity contribution in [3.05, 3.63) is 22.3 Å². The number of ketones is 1. The van der Waals surface area contributed by atoms with Crippen LogP contribution in [0.4, 0.5) is 0 Å². The summed E-state index contributed by atoms with van der Waals surface area (Å²) in [5.74, 6) is 0.180. The number of Topliss-reactive ketones (excluding diaryl/α,β-unsaturated/α-hetero) is 1. The Labute approximate surface area is 64.2 Å². The maximum absolute atomic E-state index is 10.9. The van der Waals surface area contributed by atoms with Gasteiger partial charge in [0.05, 0.1) is 0 Å². The smallest absolute Gasteiger partial charge is 0.161 e. The van der Waals surface area contributed by atoms with Gasteiger partial charge in [-0.05, 0) is 18.2 Å². The van der Waals surface area contributed by atoms with Gasteiger partial charge in [-0.3, -0.25) is 4.79 Å². The zero-order valence-electron chi connectivity index (χ0n) is 6.35. The lowest BCUT2D eigenvalue weighted by Crippen LogP contribution is -2.27. The molecule has 2 heteroatoms. The van der Waals surface area contributed by atoms with Crippen LogP contribution in [0.2, 0.25) is 0 Å². The third-order valence-electron chi connectivity index (χ3n) is 1.84. The molecule has 0 unspecified atom stereocenters. The lowest BCUT2D eigenvalue weighted by Gasteiger charge is -1.91. The zero-order chi connectivity index (χ0) is 7.84. The van der Waals surface area contributed by atoms with Crippen LogP contribution >= 0.6 is 0 Å². The van der Waals surface area contributed by atoms with Crippen molar-refractivity contribution in [1.29, 1.82) is 0 Å². The molecule has 0 bridgehead atoms. The van der Waals surface area contributed by atoms with Crippen LogP contribution in [0.3, 0.4) is 0 Å². The molecule has 0 saturated carbocycles. The van der Waals surface area contributed by atoms with E-state index in [-0.39, 0.29) is 5.78 Å². The highest BCUT2D eigenvalue weighted by atomic mass is 16.1. The van der Waals surface area contributed by atoms with Gasteiger partial charge in [-0.15, -0.1) is 0 Å². The average molecular weight is 147 g/mol. The van der Waals surface area contributed by atoms with Gasteiger partial charge < -0.3 is 4.98 Å². The number of hydrogen-bond acceptors (Lipinski definition) is 1. The summed E-state index contributed by atoms with van der Waals surface area (Å²) in [6.07, 6.45) is 4.17. The van der Waals surface area contributed by atoms with Crippen molar-refractivity contribution in [2.45, 2.75) is 13.3 Å². The Bertz CT molecular complexity index is 411. The Morgan fingerprint density at radius 2 is 2.36 bits per heavy atom. The Morgan fingerprint density at radius 1 is 1.55 bits per heavy atom. The summed E-state index contributed by atoms with van der Waals surface area (Å²) in [5, 5.41) is 2.11. The second-order valence-electron chi connectivity index (χ2n) is 2.84. The van der Waals surface area contributed by atoms with E-state index < -0.39 is 0 Å². The highest BCUT2D eigenvalue weighted by Gasteiger charge is 2.01. The van der Waals surface area contributed by atoms with Crippen LogP contribution in [0.15, 0.2) is 6.07 Å². The number of hydrogen-bond donors (Lipinski definition) is 1. The normalized spacial score (nSPS) is 15.2. The molecule has 2 rings (SSSR count). The second kappa shape index (κ2) is 2.09. The van der Waals surface area contributed by atoms with Crippen LogP contribution in [0.1, 0.15) is 12.1 Å². The minimum absolute atomic E-state index is 0.180. The quantitative estimate of drug-likeness (QED) is 0.544. The van der Waals surface area contributed by atoms with E-state index in [0.29, 0.717) is 6.42 Å². The lowest BCUT2D eigenvalue weighted by molar-refractivity contribution is -0.112. The number of rotatable bonds is 0.